The van der Waals surface area contributed by atoms with Gasteiger partial charge in [-0.25, -0.2) is 0 Å². The van der Waals surface area contributed by atoms with Crippen molar-refractivity contribution in [1.29, 1.82) is 0 Å². The van der Waals surface area contributed by atoms with E-state index in [1.807, 2.05) is 23.4 Å². The zero-order chi connectivity index (χ0) is 11.4. The molecule has 0 radical (unpaired) electrons. The zero-order valence-corrected chi connectivity index (χ0v) is 11.6. The number of carbonyl (C=O) groups excluding carboxylic acids is 1. The lowest BCUT2D eigenvalue weighted by Crippen LogP contribution is -2.33. The van der Waals surface area contributed by atoms with Crippen LogP contribution in [0.25, 0.3) is 0 Å². The normalized spacial score (nSPS) is 10.7. The molecular formula is C10H15BrN2OS. The summed E-state index contributed by atoms with van der Waals surface area (Å²) in [4.78, 5) is 16.3. The van der Waals surface area contributed by atoms with Gasteiger partial charge in [0, 0.05) is 30.0 Å². The van der Waals surface area contributed by atoms with Crippen LogP contribution in [-0.2, 0) is 11.3 Å². The molecule has 84 valence electrons. The van der Waals surface area contributed by atoms with Crippen LogP contribution in [0.15, 0.2) is 15.9 Å². The fourth-order valence-corrected chi connectivity index (χ4v) is 2.67. The standard InChI is InChI=1S/C10H15BrN2OS/c1-12(2)10(14)7-13(3)6-9-8(11)4-5-15-9/h4-5H,6-7H2,1-3H3. The van der Waals surface area contributed by atoms with Gasteiger partial charge in [-0.1, -0.05) is 0 Å². The summed E-state index contributed by atoms with van der Waals surface area (Å²) in [7, 11) is 5.50. The molecule has 1 aromatic rings. The molecule has 0 fully saturated rings. The molecule has 0 aliphatic heterocycles. The molecule has 15 heavy (non-hydrogen) atoms. The van der Waals surface area contributed by atoms with E-state index in [0.717, 1.165) is 11.0 Å². The molecule has 0 saturated heterocycles. The van der Waals surface area contributed by atoms with Gasteiger partial charge in [-0.15, -0.1) is 11.3 Å². The number of rotatable bonds is 4. The van der Waals surface area contributed by atoms with Crippen LogP contribution in [0, 0.1) is 0 Å². The van der Waals surface area contributed by atoms with Crippen molar-refractivity contribution in [3.05, 3.63) is 20.8 Å². The van der Waals surface area contributed by atoms with Gasteiger partial charge >= 0.3 is 0 Å². The van der Waals surface area contributed by atoms with Crippen molar-refractivity contribution in [2.45, 2.75) is 6.54 Å². The first kappa shape index (κ1) is 12.7. The Hall–Kier alpha value is -0.390. The predicted octanol–water partition coefficient (Wildman–Crippen LogP) is 2.03. The molecule has 0 unspecified atom stereocenters. The van der Waals surface area contributed by atoms with E-state index in [0.29, 0.717) is 6.54 Å². The summed E-state index contributed by atoms with van der Waals surface area (Å²) in [5.41, 5.74) is 0. The summed E-state index contributed by atoms with van der Waals surface area (Å²) in [6.07, 6.45) is 0. The average Bonchev–Trinajstić information content (AvgIpc) is 2.51. The highest BCUT2D eigenvalue weighted by Crippen LogP contribution is 2.23. The molecule has 1 heterocycles. The highest BCUT2D eigenvalue weighted by molar-refractivity contribution is 9.10. The summed E-state index contributed by atoms with van der Waals surface area (Å²) >= 11 is 5.18. The molecule has 5 heteroatoms. The summed E-state index contributed by atoms with van der Waals surface area (Å²) in [6, 6.07) is 2.03. The minimum Gasteiger partial charge on any atom is -0.348 e. The lowest BCUT2D eigenvalue weighted by atomic mass is 10.4. The Labute approximate surface area is 103 Å². The van der Waals surface area contributed by atoms with Crippen LogP contribution in [0.2, 0.25) is 0 Å². The molecule has 0 saturated carbocycles. The molecular weight excluding hydrogens is 276 g/mol. The van der Waals surface area contributed by atoms with Crippen molar-refractivity contribution < 1.29 is 4.79 Å². The van der Waals surface area contributed by atoms with E-state index in [1.165, 1.54) is 4.88 Å². The fourth-order valence-electron chi connectivity index (χ4n) is 1.11. The second-order valence-electron chi connectivity index (χ2n) is 3.65. The second-order valence-corrected chi connectivity index (χ2v) is 5.51. The van der Waals surface area contributed by atoms with Gasteiger partial charge in [0.2, 0.25) is 5.91 Å². The molecule has 1 rings (SSSR count). The number of carbonyl (C=O) groups is 1. The molecule has 0 N–H and O–H groups in total. The number of halogens is 1. The fraction of sp³-hybridized carbons (Fsp3) is 0.500. The van der Waals surface area contributed by atoms with E-state index in [9.17, 15) is 4.79 Å². The maximum absolute atomic E-state index is 11.4. The van der Waals surface area contributed by atoms with Crippen molar-refractivity contribution in [2.24, 2.45) is 0 Å². The number of hydrogen-bond donors (Lipinski definition) is 0. The first-order valence-electron chi connectivity index (χ1n) is 4.61. The van der Waals surface area contributed by atoms with Crippen LogP contribution in [-0.4, -0.2) is 43.4 Å². The van der Waals surface area contributed by atoms with Crippen molar-refractivity contribution in [2.75, 3.05) is 27.7 Å². The molecule has 1 aromatic heterocycles. The molecule has 0 aliphatic rings. The third-order valence-electron chi connectivity index (χ3n) is 2.01. The Morgan fingerprint density at radius 1 is 1.47 bits per heavy atom. The Kier molecular flexibility index (Phi) is 4.76. The van der Waals surface area contributed by atoms with Crippen LogP contribution < -0.4 is 0 Å². The summed E-state index contributed by atoms with van der Waals surface area (Å²) in [5, 5.41) is 2.04. The lowest BCUT2D eigenvalue weighted by molar-refractivity contribution is -0.129. The Morgan fingerprint density at radius 3 is 2.60 bits per heavy atom. The summed E-state index contributed by atoms with van der Waals surface area (Å²) < 4.78 is 1.12. The Morgan fingerprint density at radius 2 is 2.13 bits per heavy atom. The van der Waals surface area contributed by atoms with Crippen LogP contribution >= 0.6 is 27.3 Å². The van der Waals surface area contributed by atoms with Gasteiger partial charge in [-0.3, -0.25) is 9.69 Å². The first-order valence-corrected chi connectivity index (χ1v) is 6.28. The smallest absolute Gasteiger partial charge is 0.236 e. The molecule has 0 bridgehead atoms. The highest BCUT2D eigenvalue weighted by Gasteiger charge is 2.10. The van der Waals surface area contributed by atoms with E-state index in [4.69, 9.17) is 0 Å². The van der Waals surface area contributed by atoms with Crippen LogP contribution in [0.3, 0.4) is 0 Å². The van der Waals surface area contributed by atoms with Gasteiger partial charge in [-0.2, -0.15) is 0 Å². The topological polar surface area (TPSA) is 23.6 Å². The molecule has 0 spiro atoms. The van der Waals surface area contributed by atoms with Crippen molar-refractivity contribution in [3.63, 3.8) is 0 Å². The largest absolute Gasteiger partial charge is 0.348 e. The Bertz CT molecular complexity index is 338. The number of likely N-dealkylation sites (N-methyl/N-ethyl adjacent to an activating group) is 2. The minimum atomic E-state index is 0.130. The van der Waals surface area contributed by atoms with E-state index in [2.05, 4.69) is 15.9 Å². The third kappa shape index (κ3) is 3.93. The van der Waals surface area contributed by atoms with Gasteiger partial charge in [-0.05, 0) is 34.4 Å². The Balaban J connectivity index is 2.46. The van der Waals surface area contributed by atoms with E-state index < -0.39 is 0 Å². The van der Waals surface area contributed by atoms with Gasteiger partial charge in [0.25, 0.3) is 0 Å². The van der Waals surface area contributed by atoms with E-state index in [-0.39, 0.29) is 5.91 Å². The van der Waals surface area contributed by atoms with E-state index in [1.54, 1.807) is 30.3 Å². The first-order chi connectivity index (χ1) is 7.00. The highest BCUT2D eigenvalue weighted by atomic mass is 79.9. The SMILES string of the molecule is CN(CC(=O)N(C)C)Cc1sccc1Br. The van der Waals surface area contributed by atoms with E-state index >= 15 is 0 Å². The third-order valence-corrected chi connectivity index (χ3v) is 3.92. The number of amides is 1. The molecule has 0 aromatic carbocycles. The van der Waals surface area contributed by atoms with Gasteiger partial charge in [0.1, 0.15) is 0 Å². The summed E-state index contributed by atoms with van der Waals surface area (Å²) in [6.45, 7) is 1.26. The van der Waals surface area contributed by atoms with Crippen molar-refractivity contribution in [1.82, 2.24) is 9.80 Å². The molecule has 3 nitrogen and oxygen atoms in total. The van der Waals surface area contributed by atoms with Gasteiger partial charge in [0.15, 0.2) is 0 Å². The monoisotopic (exact) mass is 290 g/mol. The van der Waals surface area contributed by atoms with Crippen LogP contribution in [0.5, 0.6) is 0 Å². The zero-order valence-electron chi connectivity index (χ0n) is 9.16. The van der Waals surface area contributed by atoms with Crippen molar-refractivity contribution in [3.8, 4) is 0 Å². The molecule has 0 atom stereocenters. The lowest BCUT2D eigenvalue weighted by Gasteiger charge is -2.18. The number of hydrogen-bond acceptors (Lipinski definition) is 3. The average molecular weight is 291 g/mol. The van der Waals surface area contributed by atoms with Gasteiger partial charge in [0.05, 0.1) is 6.54 Å². The maximum atomic E-state index is 11.4. The quantitative estimate of drug-likeness (QED) is 0.847. The predicted molar refractivity (Wildman–Crippen MR) is 67.0 cm³/mol. The van der Waals surface area contributed by atoms with Crippen molar-refractivity contribution >= 4 is 33.2 Å². The minimum absolute atomic E-state index is 0.130. The van der Waals surface area contributed by atoms with Gasteiger partial charge < -0.3 is 4.90 Å². The van der Waals surface area contributed by atoms with Crippen LogP contribution in [0.4, 0.5) is 0 Å². The summed E-state index contributed by atoms with van der Waals surface area (Å²) in [5.74, 6) is 0.130. The maximum Gasteiger partial charge on any atom is 0.236 e. The van der Waals surface area contributed by atoms with Crippen LogP contribution in [0.1, 0.15) is 4.88 Å². The molecule has 0 aliphatic carbocycles. The molecule has 1 amide bonds. The second kappa shape index (κ2) is 5.63. The number of thiophene rings is 1. The number of nitrogens with zero attached hydrogens (tertiary/aromatic N) is 2.